The van der Waals surface area contributed by atoms with Gasteiger partial charge in [0.2, 0.25) is 5.88 Å². The predicted molar refractivity (Wildman–Crippen MR) is 49.0 cm³/mol. The highest BCUT2D eigenvalue weighted by Gasteiger charge is 2.19. The molecule has 15 heavy (non-hydrogen) atoms. The average Bonchev–Trinajstić information content (AvgIpc) is 2.15. The summed E-state index contributed by atoms with van der Waals surface area (Å²) >= 11 is 0. The number of pyridine rings is 1. The number of methoxy groups -OCH3 is 1. The Balaban J connectivity index is 3.37. The summed E-state index contributed by atoms with van der Waals surface area (Å²) in [6, 6.07) is 1.12. The van der Waals surface area contributed by atoms with Gasteiger partial charge < -0.3 is 10.5 Å². The van der Waals surface area contributed by atoms with E-state index in [0.29, 0.717) is 5.56 Å². The van der Waals surface area contributed by atoms with Gasteiger partial charge in [0, 0.05) is 0 Å². The van der Waals surface area contributed by atoms with Gasteiger partial charge in [-0.1, -0.05) is 0 Å². The Morgan fingerprint density at radius 1 is 1.60 bits per heavy atom. The minimum atomic E-state index is -2.71. The van der Waals surface area contributed by atoms with Gasteiger partial charge in [0.05, 0.1) is 7.11 Å². The second kappa shape index (κ2) is 4.20. The monoisotopic (exact) mass is 216 g/mol. The standard InChI is InChI=1S/C9H10F2N2O2/c1-4-3-5(7(10)11)13-9(15-2)6(4)8(12)14/h3,7H,1-2H3,(H2,12,14). The van der Waals surface area contributed by atoms with Gasteiger partial charge in [0.25, 0.3) is 12.3 Å². The SMILES string of the molecule is COc1nc(C(F)F)cc(C)c1C(N)=O. The average molecular weight is 216 g/mol. The number of primary amides is 1. The Hall–Kier alpha value is -1.72. The second-order valence-corrected chi connectivity index (χ2v) is 2.91. The maximum atomic E-state index is 12.4. The number of halogens is 2. The number of carbonyl (C=O) groups excluding carboxylic acids is 1. The van der Waals surface area contributed by atoms with Crippen molar-refractivity contribution >= 4 is 5.91 Å². The van der Waals surface area contributed by atoms with Crippen LogP contribution in [0.3, 0.4) is 0 Å². The fourth-order valence-corrected chi connectivity index (χ4v) is 1.23. The topological polar surface area (TPSA) is 65.2 Å². The van der Waals surface area contributed by atoms with E-state index < -0.39 is 18.0 Å². The van der Waals surface area contributed by atoms with E-state index in [-0.39, 0.29) is 11.4 Å². The molecule has 0 aliphatic carbocycles. The fraction of sp³-hybridized carbons (Fsp3) is 0.333. The molecule has 1 aromatic heterocycles. The molecule has 1 aromatic rings. The molecule has 0 radical (unpaired) electrons. The maximum Gasteiger partial charge on any atom is 0.280 e. The van der Waals surface area contributed by atoms with Gasteiger partial charge in [0.15, 0.2) is 0 Å². The number of nitrogens with zero attached hydrogens (tertiary/aromatic N) is 1. The molecule has 0 bridgehead atoms. The number of amides is 1. The van der Waals surface area contributed by atoms with E-state index in [1.807, 2.05) is 0 Å². The van der Waals surface area contributed by atoms with Crippen molar-refractivity contribution in [1.29, 1.82) is 0 Å². The summed E-state index contributed by atoms with van der Waals surface area (Å²) in [5.41, 5.74) is 4.99. The molecule has 2 N–H and O–H groups in total. The zero-order chi connectivity index (χ0) is 11.6. The summed E-state index contributed by atoms with van der Waals surface area (Å²) in [5.74, 6) is -0.921. The number of alkyl halides is 2. The number of aromatic nitrogens is 1. The molecule has 1 rings (SSSR count). The third-order valence-electron chi connectivity index (χ3n) is 1.87. The van der Waals surface area contributed by atoms with Crippen LogP contribution in [0.2, 0.25) is 0 Å². The summed E-state index contributed by atoms with van der Waals surface area (Å²) in [7, 11) is 1.24. The highest BCUT2D eigenvalue weighted by Crippen LogP contribution is 2.25. The molecular formula is C9H10F2N2O2. The van der Waals surface area contributed by atoms with Crippen molar-refractivity contribution in [3.05, 3.63) is 22.9 Å². The Morgan fingerprint density at radius 3 is 2.60 bits per heavy atom. The molecule has 0 atom stereocenters. The number of hydrogen-bond acceptors (Lipinski definition) is 3. The summed E-state index contributed by atoms with van der Waals surface area (Å²) < 4.78 is 29.5. The lowest BCUT2D eigenvalue weighted by Gasteiger charge is -2.09. The van der Waals surface area contributed by atoms with Crippen LogP contribution in [0.4, 0.5) is 8.78 Å². The van der Waals surface area contributed by atoms with Crippen LogP contribution in [0.25, 0.3) is 0 Å². The molecule has 0 saturated carbocycles. The van der Waals surface area contributed by atoms with E-state index >= 15 is 0 Å². The van der Waals surface area contributed by atoms with Crippen LogP contribution in [0, 0.1) is 6.92 Å². The Bertz CT molecular complexity index is 394. The summed E-state index contributed by atoms with van der Waals surface area (Å²) in [6.45, 7) is 1.50. The molecule has 0 aliphatic heterocycles. The summed E-state index contributed by atoms with van der Waals surface area (Å²) in [5, 5.41) is 0. The predicted octanol–water partition coefficient (Wildman–Crippen LogP) is 1.44. The van der Waals surface area contributed by atoms with Crippen molar-refractivity contribution in [2.75, 3.05) is 7.11 Å². The normalized spacial score (nSPS) is 10.5. The van der Waals surface area contributed by atoms with Gasteiger partial charge in [-0.05, 0) is 18.6 Å². The first-order valence-electron chi connectivity index (χ1n) is 4.10. The lowest BCUT2D eigenvalue weighted by Crippen LogP contribution is -2.16. The number of aryl methyl sites for hydroxylation is 1. The summed E-state index contributed by atoms with van der Waals surface area (Å²) in [6.07, 6.45) is -2.71. The lowest BCUT2D eigenvalue weighted by atomic mass is 10.1. The van der Waals surface area contributed by atoms with Crippen molar-refractivity contribution in [2.24, 2.45) is 5.73 Å². The van der Waals surface area contributed by atoms with Gasteiger partial charge in [-0.2, -0.15) is 0 Å². The van der Waals surface area contributed by atoms with Gasteiger partial charge in [-0.15, -0.1) is 0 Å². The molecule has 0 saturated heterocycles. The molecule has 0 aliphatic rings. The Kier molecular flexibility index (Phi) is 3.18. The van der Waals surface area contributed by atoms with E-state index in [1.165, 1.54) is 14.0 Å². The molecular weight excluding hydrogens is 206 g/mol. The molecule has 0 unspecified atom stereocenters. The highest BCUT2D eigenvalue weighted by atomic mass is 19.3. The zero-order valence-electron chi connectivity index (χ0n) is 8.25. The van der Waals surface area contributed by atoms with E-state index in [0.717, 1.165) is 6.07 Å². The first-order chi connectivity index (χ1) is 6.97. The number of hydrogen-bond donors (Lipinski definition) is 1. The smallest absolute Gasteiger partial charge is 0.280 e. The van der Waals surface area contributed by atoms with Gasteiger partial charge in [-0.25, -0.2) is 13.8 Å². The van der Waals surface area contributed by atoms with Gasteiger partial charge in [-0.3, -0.25) is 4.79 Å². The fourth-order valence-electron chi connectivity index (χ4n) is 1.23. The van der Waals surface area contributed by atoms with Crippen LogP contribution in [0.15, 0.2) is 6.07 Å². The minimum absolute atomic E-state index is 0.0295. The summed E-state index contributed by atoms with van der Waals surface area (Å²) in [4.78, 5) is 14.5. The van der Waals surface area contributed by atoms with Crippen LogP contribution in [0.1, 0.15) is 28.0 Å². The van der Waals surface area contributed by atoms with Crippen LogP contribution in [0.5, 0.6) is 5.88 Å². The van der Waals surface area contributed by atoms with Crippen molar-refractivity contribution in [3.8, 4) is 5.88 Å². The molecule has 0 fully saturated rings. The van der Waals surface area contributed by atoms with Gasteiger partial charge in [0.1, 0.15) is 11.3 Å². The number of carbonyl (C=O) groups is 1. The van der Waals surface area contributed by atoms with Crippen LogP contribution < -0.4 is 10.5 Å². The quantitative estimate of drug-likeness (QED) is 0.831. The minimum Gasteiger partial charge on any atom is -0.480 e. The number of rotatable bonds is 3. The number of ether oxygens (including phenoxy) is 1. The first kappa shape index (κ1) is 11.4. The molecule has 82 valence electrons. The first-order valence-corrected chi connectivity index (χ1v) is 4.10. The Morgan fingerprint density at radius 2 is 2.20 bits per heavy atom. The Labute approximate surface area is 85.1 Å². The van der Waals surface area contributed by atoms with E-state index in [9.17, 15) is 13.6 Å². The van der Waals surface area contributed by atoms with Crippen molar-refractivity contribution < 1.29 is 18.3 Å². The zero-order valence-corrected chi connectivity index (χ0v) is 8.25. The van der Waals surface area contributed by atoms with Crippen LogP contribution >= 0.6 is 0 Å². The van der Waals surface area contributed by atoms with E-state index in [4.69, 9.17) is 10.5 Å². The van der Waals surface area contributed by atoms with Crippen molar-refractivity contribution in [1.82, 2.24) is 4.98 Å². The van der Waals surface area contributed by atoms with Crippen LogP contribution in [-0.4, -0.2) is 18.0 Å². The third kappa shape index (κ3) is 2.20. The molecule has 0 spiro atoms. The molecule has 6 heteroatoms. The highest BCUT2D eigenvalue weighted by molar-refractivity contribution is 5.96. The molecule has 0 aromatic carbocycles. The van der Waals surface area contributed by atoms with E-state index in [2.05, 4.69) is 4.98 Å². The van der Waals surface area contributed by atoms with Gasteiger partial charge >= 0.3 is 0 Å². The maximum absolute atomic E-state index is 12.4. The van der Waals surface area contributed by atoms with E-state index in [1.54, 1.807) is 0 Å². The lowest BCUT2D eigenvalue weighted by molar-refractivity contribution is 0.0994. The van der Waals surface area contributed by atoms with Crippen molar-refractivity contribution in [2.45, 2.75) is 13.3 Å². The largest absolute Gasteiger partial charge is 0.480 e. The molecule has 1 heterocycles. The van der Waals surface area contributed by atoms with Crippen LogP contribution in [-0.2, 0) is 0 Å². The third-order valence-corrected chi connectivity index (χ3v) is 1.87. The molecule has 1 amide bonds. The second-order valence-electron chi connectivity index (χ2n) is 2.91. The number of nitrogens with two attached hydrogens (primary N) is 1. The molecule has 4 nitrogen and oxygen atoms in total. The van der Waals surface area contributed by atoms with Crippen molar-refractivity contribution in [3.63, 3.8) is 0 Å².